The molecule has 0 saturated carbocycles. The van der Waals surface area contributed by atoms with Crippen molar-refractivity contribution in [3.63, 3.8) is 0 Å². The number of hydrogen-bond acceptors (Lipinski definition) is 14. The summed E-state index contributed by atoms with van der Waals surface area (Å²) in [7, 11) is 3.93. The molecule has 0 radical (unpaired) electrons. The lowest BCUT2D eigenvalue weighted by Gasteiger charge is -2.22. The largest absolute Gasteiger partial charge is 0.464 e. The molecule has 430 valence electrons. The van der Waals surface area contributed by atoms with E-state index < -0.39 is 12.1 Å². The minimum absolute atomic E-state index is 0.0324. The molecule has 2 N–H and O–H groups in total. The van der Waals surface area contributed by atoms with E-state index in [1.54, 1.807) is 0 Å². The van der Waals surface area contributed by atoms with Gasteiger partial charge in [0, 0.05) is 101 Å². The van der Waals surface area contributed by atoms with E-state index in [0.29, 0.717) is 88.5 Å². The summed E-state index contributed by atoms with van der Waals surface area (Å²) in [5, 5.41) is 6.51. The number of halogens is 4. The molecule has 2 unspecified atom stereocenters. The predicted molar refractivity (Wildman–Crippen MR) is 309 cm³/mol. The minimum atomic E-state index is -0.545. The van der Waals surface area contributed by atoms with Crippen LogP contribution in [0.4, 0.5) is 11.4 Å². The lowest BCUT2D eigenvalue weighted by atomic mass is 10.1. The molecular weight excluding hydrogens is 1080 g/mol. The van der Waals surface area contributed by atoms with Crippen molar-refractivity contribution < 1.29 is 38.2 Å². The van der Waals surface area contributed by atoms with E-state index >= 15 is 0 Å². The number of carbonyl (C=O) groups is 6. The van der Waals surface area contributed by atoms with Crippen molar-refractivity contribution in [2.45, 2.75) is 128 Å². The van der Waals surface area contributed by atoms with Crippen LogP contribution in [-0.4, -0.2) is 166 Å². The topological polar surface area (TPSA) is 194 Å². The number of anilines is 2. The Kier molecular flexibility index (Phi) is 26.5. The number of aryl methyl sites for hydroxylation is 4. The van der Waals surface area contributed by atoms with Gasteiger partial charge in [0.2, 0.25) is 23.6 Å². The number of alkyl halides is 4. The monoisotopic (exact) mass is 1160 g/mol. The van der Waals surface area contributed by atoms with Crippen molar-refractivity contribution in [1.29, 1.82) is 0 Å². The van der Waals surface area contributed by atoms with E-state index in [4.69, 9.17) is 65.8 Å². The van der Waals surface area contributed by atoms with Crippen LogP contribution in [0.15, 0.2) is 36.4 Å². The van der Waals surface area contributed by atoms with Gasteiger partial charge < -0.3 is 39.0 Å². The maximum absolute atomic E-state index is 13.0. The van der Waals surface area contributed by atoms with Crippen LogP contribution in [0.5, 0.6) is 0 Å². The lowest BCUT2D eigenvalue weighted by Crippen LogP contribution is -2.40. The van der Waals surface area contributed by atoms with Crippen LogP contribution in [0.1, 0.15) is 114 Å². The zero-order valence-corrected chi connectivity index (χ0v) is 48.6. The molecule has 0 aliphatic carbocycles. The second kappa shape index (κ2) is 33.1. The fourth-order valence-corrected chi connectivity index (χ4v) is 11.1. The van der Waals surface area contributed by atoms with E-state index in [9.17, 15) is 28.8 Å². The number of fused-ring (bicyclic) bond motifs is 2. The molecule has 78 heavy (non-hydrogen) atoms. The van der Waals surface area contributed by atoms with Gasteiger partial charge >= 0.3 is 11.9 Å². The number of esters is 2. The van der Waals surface area contributed by atoms with Gasteiger partial charge in [0.05, 0.1) is 60.1 Å². The van der Waals surface area contributed by atoms with Crippen LogP contribution in [0.2, 0.25) is 0 Å². The molecule has 2 aliphatic rings. The molecule has 2 aliphatic heterocycles. The predicted octanol–water partition coefficient (Wildman–Crippen LogP) is 7.80. The summed E-state index contributed by atoms with van der Waals surface area (Å²) in [5.74, 6) is 1.93. The van der Waals surface area contributed by atoms with Gasteiger partial charge in [0.1, 0.15) is 24.9 Å². The van der Waals surface area contributed by atoms with Crippen LogP contribution in [0.25, 0.3) is 22.1 Å². The summed E-state index contributed by atoms with van der Waals surface area (Å²) in [4.78, 5) is 92.6. The van der Waals surface area contributed by atoms with Crippen molar-refractivity contribution in [1.82, 2.24) is 39.5 Å². The Morgan fingerprint density at radius 3 is 1.27 bits per heavy atom. The summed E-state index contributed by atoms with van der Waals surface area (Å²) in [6.45, 7) is 4.11. The zero-order valence-electron chi connectivity index (χ0n) is 45.6. The summed E-state index contributed by atoms with van der Waals surface area (Å²) in [5.41, 5.74) is 5.79. The number of hydrogen-bond donors (Lipinski definition) is 2. The van der Waals surface area contributed by atoms with Crippen molar-refractivity contribution >= 4 is 115 Å². The molecule has 2 aromatic heterocycles. The standard InChI is InChI=1S/C56H80Cl4N10O8/c1-65-47-37-41(67(29-23-57)30-24-58)19-21-43(47)63-49(65)15-13-17-53(73)77-35-33-69-51(71)39-45(55(69)75)61-27-11-9-7-5-3-4-6-8-10-12-28-62-46-40-52(72)70(56(46)76)34-36-78-54(74)18-14-16-50-64-44-22-20-42(38-48(44)66(50)2)68(31-25-59)32-26-60/h19-22,37-38,45-46,61-62H,3-18,23-36,39-40H2,1-2H3. The third kappa shape index (κ3) is 18.4. The first-order valence-corrected chi connectivity index (χ1v) is 30.1. The highest BCUT2D eigenvalue weighted by atomic mass is 35.5. The third-order valence-electron chi connectivity index (χ3n) is 14.7. The Bertz CT molecular complexity index is 2410. The molecule has 2 saturated heterocycles. The molecular formula is C56H80Cl4N10O8. The van der Waals surface area contributed by atoms with Gasteiger partial charge in [0.25, 0.3) is 0 Å². The molecule has 6 rings (SSSR count). The maximum Gasteiger partial charge on any atom is 0.305 e. The van der Waals surface area contributed by atoms with E-state index in [1.807, 2.05) is 47.5 Å². The number of nitrogens with zero attached hydrogens (tertiary/aromatic N) is 8. The van der Waals surface area contributed by atoms with E-state index in [1.165, 1.54) is 9.80 Å². The highest BCUT2D eigenvalue weighted by Crippen LogP contribution is 2.26. The second-order valence-corrected chi connectivity index (χ2v) is 21.6. The van der Waals surface area contributed by atoms with Crippen molar-refractivity contribution in [2.24, 2.45) is 14.1 Å². The third-order valence-corrected chi connectivity index (χ3v) is 15.3. The smallest absolute Gasteiger partial charge is 0.305 e. The quantitative estimate of drug-likeness (QED) is 0.0190. The number of imide groups is 2. The fourth-order valence-electron chi connectivity index (χ4n) is 10.2. The van der Waals surface area contributed by atoms with Gasteiger partial charge in [0.15, 0.2) is 0 Å². The minimum Gasteiger partial charge on any atom is -0.464 e. The maximum atomic E-state index is 13.0. The van der Waals surface area contributed by atoms with E-state index in [2.05, 4.69) is 32.6 Å². The molecule has 4 amide bonds. The molecule has 22 heteroatoms. The van der Waals surface area contributed by atoms with Crippen molar-refractivity contribution in [3.8, 4) is 0 Å². The summed E-state index contributed by atoms with van der Waals surface area (Å²) < 4.78 is 14.9. The number of carbonyl (C=O) groups excluding carboxylic acids is 6. The fraction of sp³-hybridized carbons (Fsp3) is 0.643. The summed E-state index contributed by atoms with van der Waals surface area (Å²) in [6, 6.07) is 11.1. The molecule has 0 bridgehead atoms. The SMILES string of the molecule is Cn1c(CCCC(=O)OCCN2C(=O)CC(NCCCCCCCCCCCCNC3CC(=O)N(CCOC(=O)CCCc4nc5ccc(N(CCCl)CCCl)cc5n4C)C3=O)C2=O)nc2ccc(N(CCCl)CCCl)cc21. The second-order valence-electron chi connectivity index (χ2n) is 20.1. The first-order chi connectivity index (χ1) is 37.9. The van der Waals surface area contributed by atoms with Gasteiger partial charge in [-0.25, -0.2) is 9.97 Å². The van der Waals surface area contributed by atoms with Crippen LogP contribution < -0.4 is 20.4 Å². The summed E-state index contributed by atoms with van der Waals surface area (Å²) in [6.07, 6.45) is 13.6. The lowest BCUT2D eigenvalue weighted by molar-refractivity contribution is -0.148. The molecule has 18 nitrogen and oxygen atoms in total. The van der Waals surface area contributed by atoms with Gasteiger partial charge in [-0.05, 0) is 75.2 Å². The number of unbranched alkanes of at least 4 members (excludes halogenated alkanes) is 9. The van der Waals surface area contributed by atoms with Crippen LogP contribution in [-0.2, 0) is 65.2 Å². The Labute approximate surface area is 479 Å². The average molecular weight is 1160 g/mol. The molecule has 4 aromatic rings. The number of rotatable bonds is 39. The Balaban J connectivity index is 0.724. The zero-order chi connectivity index (χ0) is 55.8. The van der Waals surface area contributed by atoms with Crippen molar-refractivity contribution in [3.05, 3.63) is 48.0 Å². The number of ether oxygens (including phenoxy) is 2. The van der Waals surface area contributed by atoms with Crippen LogP contribution in [0.3, 0.4) is 0 Å². The average Bonchev–Trinajstić information content (AvgIpc) is 4.15. The van der Waals surface area contributed by atoms with Gasteiger partial charge in [-0.1, -0.05) is 51.4 Å². The van der Waals surface area contributed by atoms with Crippen molar-refractivity contribution in [2.75, 3.05) is 98.9 Å². The van der Waals surface area contributed by atoms with Crippen LogP contribution in [0, 0.1) is 0 Å². The first kappa shape index (κ1) is 62.5. The highest BCUT2D eigenvalue weighted by Gasteiger charge is 2.39. The summed E-state index contributed by atoms with van der Waals surface area (Å²) >= 11 is 24.0. The van der Waals surface area contributed by atoms with Gasteiger partial charge in [-0.15, -0.1) is 46.4 Å². The highest BCUT2D eigenvalue weighted by molar-refractivity contribution is 6.19. The molecule has 2 atom stereocenters. The number of aromatic nitrogens is 4. The number of benzene rings is 2. The Morgan fingerprint density at radius 2 is 0.910 bits per heavy atom. The molecule has 0 spiro atoms. The molecule has 2 fully saturated rings. The Hall–Kier alpha value is -4.72. The van der Waals surface area contributed by atoms with Gasteiger partial charge in [-0.2, -0.15) is 0 Å². The number of imidazole rings is 2. The van der Waals surface area contributed by atoms with E-state index in [-0.39, 0.29) is 87.6 Å². The molecule has 4 heterocycles. The first-order valence-electron chi connectivity index (χ1n) is 28.0. The molecule has 2 aromatic carbocycles. The van der Waals surface area contributed by atoms with Gasteiger partial charge in [-0.3, -0.25) is 38.6 Å². The number of nitrogens with one attached hydrogen (secondary N) is 2. The number of likely N-dealkylation sites (tertiary alicyclic amines) is 2. The van der Waals surface area contributed by atoms with Crippen LogP contribution >= 0.6 is 46.4 Å². The number of amides is 4. The van der Waals surface area contributed by atoms with E-state index in [0.717, 1.165) is 109 Å². The Morgan fingerprint density at radius 1 is 0.551 bits per heavy atom. The normalized spacial score (nSPS) is 15.7.